The zero-order valence-electron chi connectivity index (χ0n) is 10.2. The summed E-state index contributed by atoms with van der Waals surface area (Å²) in [6.07, 6.45) is 10.8. The van der Waals surface area contributed by atoms with Crippen LogP contribution in [0.15, 0.2) is 61.2 Å². The molecule has 2 aliphatic rings. The largest absolute Gasteiger partial charge is 0.321 e. The van der Waals surface area contributed by atoms with Crippen molar-refractivity contribution in [3.05, 3.63) is 72.4 Å². The van der Waals surface area contributed by atoms with Gasteiger partial charge in [-0.3, -0.25) is 4.79 Å². The van der Waals surface area contributed by atoms with E-state index in [1.54, 1.807) is 0 Å². The third-order valence-corrected chi connectivity index (χ3v) is 3.75. The first-order chi connectivity index (χ1) is 8.77. The minimum absolute atomic E-state index is 0.102. The normalized spacial score (nSPS) is 25.3. The number of fused-ring (bicyclic) bond motifs is 1. The number of hydrogen-bond acceptors (Lipinski definition) is 1. The summed E-state index contributed by atoms with van der Waals surface area (Å²) in [6.45, 7) is 4.59. The molecule has 0 spiro atoms. The van der Waals surface area contributed by atoms with Crippen LogP contribution in [-0.4, -0.2) is 16.3 Å². The Labute approximate surface area is 107 Å². The molecule has 0 saturated carbocycles. The molecule has 1 aliphatic carbocycles. The Bertz CT molecular complexity index is 570. The van der Waals surface area contributed by atoms with Gasteiger partial charge in [-0.2, -0.15) is 0 Å². The van der Waals surface area contributed by atoms with Crippen LogP contribution in [0.25, 0.3) is 0 Å². The van der Waals surface area contributed by atoms with Crippen LogP contribution in [0.3, 0.4) is 0 Å². The lowest BCUT2D eigenvalue weighted by molar-refractivity contribution is 0.0667. The lowest BCUT2D eigenvalue weighted by Crippen LogP contribution is -2.46. The molecule has 90 valence electrons. The third-order valence-electron chi connectivity index (χ3n) is 3.75. The van der Waals surface area contributed by atoms with E-state index in [4.69, 9.17) is 0 Å². The lowest BCUT2D eigenvalue weighted by Gasteiger charge is -2.37. The summed E-state index contributed by atoms with van der Waals surface area (Å²) in [7, 11) is 0. The van der Waals surface area contributed by atoms with Crippen LogP contribution >= 0.6 is 0 Å². The predicted octanol–water partition coefficient (Wildman–Crippen LogP) is 3.08. The van der Waals surface area contributed by atoms with Crippen LogP contribution in [0.1, 0.15) is 22.3 Å². The van der Waals surface area contributed by atoms with Crippen molar-refractivity contribution >= 4 is 5.91 Å². The number of rotatable bonds is 2. The highest BCUT2D eigenvalue weighted by molar-refractivity contribution is 5.99. The molecule has 1 amide bonds. The minimum atomic E-state index is -0.370. The Balaban J connectivity index is 2.01. The number of benzene rings is 1. The third kappa shape index (κ3) is 1.46. The average Bonchev–Trinajstić information content (AvgIpc) is 2.78. The van der Waals surface area contributed by atoms with E-state index in [1.165, 1.54) is 0 Å². The van der Waals surface area contributed by atoms with E-state index in [-0.39, 0.29) is 11.4 Å². The van der Waals surface area contributed by atoms with Crippen LogP contribution < -0.4 is 0 Å². The highest BCUT2D eigenvalue weighted by Gasteiger charge is 2.39. The van der Waals surface area contributed by atoms with Gasteiger partial charge in [0.2, 0.25) is 0 Å². The van der Waals surface area contributed by atoms with Crippen molar-refractivity contribution in [2.75, 3.05) is 0 Å². The van der Waals surface area contributed by atoms with Crippen molar-refractivity contribution in [1.82, 2.24) is 4.90 Å². The fraction of sp³-hybridized carbons (Fsp3) is 0.188. The van der Waals surface area contributed by atoms with Gasteiger partial charge >= 0.3 is 0 Å². The molecule has 1 aliphatic heterocycles. The zero-order chi connectivity index (χ0) is 12.6. The minimum Gasteiger partial charge on any atom is -0.321 e. The number of amides is 1. The summed E-state index contributed by atoms with van der Waals surface area (Å²) >= 11 is 0. The molecule has 0 aromatic heterocycles. The highest BCUT2D eigenvalue weighted by atomic mass is 16.2. The van der Waals surface area contributed by atoms with E-state index < -0.39 is 0 Å². The van der Waals surface area contributed by atoms with Crippen molar-refractivity contribution in [2.24, 2.45) is 0 Å². The number of allylic oxidation sites excluding steroid dienone is 2. The van der Waals surface area contributed by atoms with Crippen molar-refractivity contribution < 1.29 is 4.79 Å². The number of carbonyl (C=O) groups excluding carboxylic acids is 1. The van der Waals surface area contributed by atoms with Crippen molar-refractivity contribution in [1.29, 1.82) is 0 Å². The average molecular weight is 237 g/mol. The summed E-state index contributed by atoms with van der Waals surface area (Å²) < 4.78 is 0. The topological polar surface area (TPSA) is 20.3 Å². The number of hydrogen-bond donors (Lipinski definition) is 0. The van der Waals surface area contributed by atoms with Crippen LogP contribution in [-0.2, 0) is 6.54 Å². The number of carbonyl (C=O) groups is 1. The SMILES string of the molecule is C=CC1(N2Cc3ccccc3C2=O)C=CC=CC1. The standard InChI is InChI=1S/C16H15NO/c1-2-16(10-6-3-7-11-16)17-12-13-8-4-5-9-14(13)15(17)18/h2-10H,1,11-12H2. The van der Waals surface area contributed by atoms with E-state index >= 15 is 0 Å². The van der Waals surface area contributed by atoms with Crippen molar-refractivity contribution in [3.8, 4) is 0 Å². The van der Waals surface area contributed by atoms with Crippen LogP contribution in [0.4, 0.5) is 0 Å². The fourth-order valence-corrected chi connectivity index (χ4v) is 2.68. The molecule has 3 rings (SSSR count). The molecule has 2 nitrogen and oxygen atoms in total. The molecule has 1 unspecified atom stereocenters. The van der Waals surface area contributed by atoms with Crippen LogP contribution in [0, 0.1) is 0 Å². The summed E-state index contributed by atoms with van der Waals surface area (Å²) in [4.78, 5) is 14.4. The fourth-order valence-electron chi connectivity index (χ4n) is 2.68. The van der Waals surface area contributed by atoms with E-state index in [0.717, 1.165) is 17.5 Å². The van der Waals surface area contributed by atoms with Gasteiger partial charge in [-0.05, 0) is 18.1 Å². The van der Waals surface area contributed by atoms with Gasteiger partial charge in [0.25, 0.3) is 5.91 Å². The van der Waals surface area contributed by atoms with Crippen molar-refractivity contribution in [3.63, 3.8) is 0 Å². The maximum Gasteiger partial charge on any atom is 0.255 e. The Hall–Kier alpha value is -2.09. The first-order valence-corrected chi connectivity index (χ1v) is 6.15. The molecule has 1 atom stereocenters. The first-order valence-electron chi connectivity index (χ1n) is 6.15. The zero-order valence-corrected chi connectivity index (χ0v) is 10.2. The molecule has 0 fully saturated rings. The molecule has 0 radical (unpaired) electrons. The highest BCUT2D eigenvalue weighted by Crippen LogP contribution is 2.34. The second-order valence-electron chi connectivity index (χ2n) is 4.74. The molecule has 2 heteroatoms. The molecule has 1 heterocycles. The van der Waals surface area contributed by atoms with Crippen molar-refractivity contribution in [2.45, 2.75) is 18.5 Å². The second-order valence-corrected chi connectivity index (χ2v) is 4.74. The van der Waals surface area contributed by atoms with Gasteiger partial charge in [-0.1, -0.05) is 48.6 Å². The Kier molecular flexibility index (Phi) is 2.44. The van der Waals surface area contributed by atoms with Crippen LogP contribution in [0.5, 0.6) is 0 Å². The number of nitrogens with zero attached hydrogens (tertiary/aromatic N) is 1. The molecule has 0 saturated heterocycles. The Morgan fingerprint density at radius 1 is 1.28 bits per heavy atom. The maximum atomic E-state index is 12.5. The smallest absolute Gasteiger partial charge is 0.255 e. The molecule has 0 bridgehead atoms. The van der Waals surface area contributed by atoms with Gasteiger partial charge in [0.15, 0.2) is 0 Å². The quantitative estimate of drug-likeness (QED) is 0.724. The summed E-state index contributed by atoms with van der Waals surface area (Å²) in [6, 6.07) is 7.81. The molecule has 1 aromatic rings. The molecule has 0 N–H and O–H groups in total. The second kappa shape index (κ2) is 3.98. The summed E-state index contributed by atoms with van der Waals surface area (Å²) in [5.74, 6) is 0.102. The van der Waals surface area contributed by atoms with Gasteiger partial charge in [-0.15, -0.1) is 6.58 Å². The summed E-state index contributed by atoms with van der Waals surface area (Å²) in [5.41, 5.74) is 1.55. The molecular formula is C16H15NO. The van der Waals surface area contributed by atoms with E-state index in [9.17, 15) is 4.79 Å². The molecule has 18 heavy (non-hydrogen) atoms. The van der Waals surface area contributed by atoms with E-state index in [1.807, 2.05) is 47.4 Å². The lowest BCUT2D eigenvalue weighted by atomic mass is 9.89. The first kappa shape index (κ1) is 11.0. The predicted molar refractivity (Wildman–Crippen MR) is 72.1 cm³/mol. The maximum absolute atomic E-state index is 12.5. The van der Waals surface area contributed by atoms with E-state index in [2.05, 4.69) is 18.7 Å². The van der Waals surface area contributed by atoms with E-state index in [0.29, 0.717) is 6.54 Å². The van der Waals surface area contributed by atoms with Gasteiger partial charge in [-0.25, -0.2) is 0 Å². The Morgan fingerprint density at radius 3 is 2.78 bits per heavy atom. The van der Waals surface area contributed by atoms with Crippen LogP contribution in [0.2, 0.25) is 0 Å². The molecular weight excluding hydrogens is 222 g/mol. The van der Waals surface area contributed by atoms with Gasteiger partial charge < -0.3 is 4.90 Å². The summed E-state index contributed by atoms with van der Waals surface area (Å²) in [5, 5.41) is 0. The van der Waals surface area contributed by atoms with Gasteiger partial charge in [0.05, 0.1) is 5.54 Å². The van der Waals surface area contributed by atoms with Gasteiger partial charge in [0.1, 0.15) is 0 Å². The molecule has 1 aromatic carbocycles. The van der Waals surface area contributed by atoms with Gasteiger partial charge in [0, 0.05) is 12.1 Å². The Morgan fingerprint density at radius 2 is 2.11 bits per heavy atom. The monoisotopic (exact) mass is 237 g/mol.